The topological polar surface area (TPSA) is 57.3 Å². The molecule has 3 rings (SSSR count). The van der Waals surface area contributed by atoms with Crippen molar-refractivity contribution in [2.75, 3.05) is 31.5 Å². The number of amides is 1. The van der Waals surface area contributed by atoms with Crippen LogP contribution in [0.2, 0.25) is 10.0 Å². The standard InChI is InChI=1S/C20H23Cl2FN4O/c21-16-10-18(22)19(26-11-16)24-6-7-25-20(28)15-4-2-8-27(13-15)12-14-3-1-5-17(23)9-14/h1,3,5,9-11,15H,2,4,6-8,12-13H2,(H,24,26)(H,25,28). The Hall–Kier alpha value is -1.89. The quantitative estimate of drug-likeness (QED) is 0.660. The molecule has 1 fully saturated rings. The number of anilines is 1. The summed E-state index contributed by atoms with van der Waals surface area (Å²) in [5.41, 5.74) is 0.928. The molecule has 0 saturated carbocycles. The molecule has 0 bridgehead atoms. The zero-order valence-electron chi connectivity index (χ0n) is 15.4. The van der Waals surface area contributed by atoms with Gasteiger partial charge in [0.25, 0.3) is 0 Å². The molecule has 0 radical (unpaired) electrons. The first-order valence-corrected chi connectivity index (χ1v) is 10.1. The van der Waals surface area contributed by atoms with E-state index < -0.39 is 0 Å². The van der Waals surface area contributed by atoms with E-state index in [0.717, 1.165) is 24.9 Å². The van der Waals surface area contributed by atoms with Crippen molar-refractivity contribution < 1.29 is 9.18 Å². The molecule has 150 valence electrons. The molecule has 1 aromatic heterocycles. The van der Waals surface area contributed by atoms with Gasteiger partial charge < -0.3 is 10.6 Å². The SMILES string of the molecule is O=C(NCCNc1ncc(Cl)cc1Cl)C1CCCN(Cc2cccc(F)c2)C1. The van der Waals surface area contributed by atoms with Gasteiger partial charge in [-0.1, -0.05) is 35.3 Å². The van der Waals surface area contributed by atoms with E-state index in [9.17, 15) is 9.18 Å². The molecule has 1 amide bonds. The molecule has 1 aliphatic rings. The lowest BCUT2D eigenvalue weighted by Crippen LogP contribution is -2.43. The predicted molar refractivity (Wildman–Crippen MR) is 110 cm³/mol. The van der Waals surface area contributed by atoms with Crippen LogP contribution >= 0.6 is 23.2 Å². The van der Waals surface area contributed by atoms with E-state index in [1.807, 2.05) is 6.07 Å². The molecule has 0 aliphatic carbocycles. The van der Waals surface area contributed by atoms with Crippen LogP contribution in [-0.4, -0.2) is 42.0 Å². The van der Waals surface area contributed by atoms with E-state index >= 15 is 0 Å². The molecule has 5 nitrogen and oxygen atoms in total. The second kappa shape index (κ2) is 10.0. The average Bonchev–Trinajstić information content (AvgIpc) is 2.66. The molecule has 1 atom stereocenters. The van der Waals surface area contributed by atoms with Crippen molar-refractivity contribution in [3.8, 4) is 0 Å². The lowest BCUT2D eigenvalue weighted by molar-refractivity contribution is -0.126. The van der Waals surface area contributed by atoms with E-state index in [4.69, 9.17) is 23.2 Å². The lowest BCUT2D eigenvalue weighted by atomic mass is 9.96. The van der Waals surface area contributed by atoms with Crippen molar-refractivity contribution >= 4 is 34.9 Å². The number of carbonyl (C=O) groups excluding carboxylic acids is 1. The smallest absolute Gasteiger partial charge is 0.224 e. The maximum atomic E-state index is 13.4. The van der Waals surface area contributed by atoms with Gasteiger partial charge in [-0.15, -0.1) is 0 Å². The maximum Gasteiger partial charge on any atom is 0.224 e. The van der Waals surface area contributed by atoms with Crippen LogP contribution < -0.4 is 10.6 Å². The third kappa shape index (κ3) is 6.06. The van der Waals surface area contributed by atoms with E-state index in [0.29, 0.717) is 42.0 Å². The van der Waals surface area contributed by atoms with Crippen molar-refractivity contribution in [1.29, 1.82) is 0 Å². The molecule has 0 spiro atoms. The third-order valence-electron chi connectivity index (χ3n) is 4.70. The van der Waals surface area contributed by atoms with Crippen LogP contribution in [0.1, 0.15) is 18.4 Å². The number of hydrogen-bond donors (Lipinski definition) is 2. The van der Waals surface area contributed by atoms with Gasteiger partial charge in [-0.05, 0) is 43.1 Å². The van der Waals surface area contributed by atoms with Gasteiger partial charge in [0, 0.05) is 32.4 Å². The number of nitrogens with zero attached hydrogens (tertiary/aromatic N) is 2. The monoisotopic (exact) mass is 424 g/mol. The Kier molecular flexibility index (Phi) is 7.48. The number of piperidine rings is 1. The van der Waals surface area contributed by atoms with E-state index in [-0.39, 0.29) is 17.6 Å². The van der Waals surface area contributed by atoms with Crippen molar-refractivity contribution in [2.45, 2.75) is 19.4 Å². The van der Waals surface area contributed by atoms with Gasteiger partial charge >= 0.3 is 0 Å². The third-order valence-corrected chi connectivity index (χ3v) is 5.19. The van der Waals surface area contributed by atoms with Crippen LogP contribution in [0.15, 0.2) is 36.5 Å². The maximum absolute atomic E-state index is 13.4. The Balaban J connectivity index is 1.42. The van der Waals surface area contributed by atoms with Gasteiger partial charge in [0.2, 0.25) is 5.91 Å². The number of nitrogens with one attached hydrogen (secondary N) is 2. The fourth-order valence-corrected chi connectivity index (χ4v) is 3.81. The molecule has 2 aromatic rings. The largest absolute Gasteiger partial charge is 0.367 e. The fraction of sp³-hybridized carbons (Fsp3) is 0.400. The summed E-state index contributed by atoms with van der Waals surface area (Å²) in [5.74, 6) is 0.297. The van der Waals surface area contributed by atoms with Gasteiger partial charge in [-0.3, -0.25) is 9.69 Å². The lowest BCUT2D eigenvalue weighted by Gasteiger charge is -2.32. The highest BCUT2D eigenvalue weighted by molar-refractivity contribution is 6.35. The normalized spacial score (nSPS) is 17.3. The number of hydrogen-bond acceptors (Lipinski definition) is 4. The first kappa shape index (κ1) is 20.8. The fourth-order valence-electron chi connectivity index (χ4n) is 3.36. The highest BCUT2D eigenvalue weighted by atomic mass is 35.5. The van der Waals surface area contributed by atoms with E-state index in [2.05, 4.69) is 20.5 Å². The minimum atomic E-state index is -0.230. The summed E-state index contributed by atoms with van der Waals surface area (Å²) in [6, 6.07) is 8.23. The van der Waals surface area contributed by atoms with Crippen LogP contribution in [0.3, 0.4) is 0 Å². The highest BCUT2D eigenvalue weighted by Crippen LogP contribution is 2.22. The number of carbonyl (C=O) groups is 1. The summed E-state index contributed by atoms with van der Waals surface area (Å²) in [6.45, 7) is 3.24. The molecule has 1 saturated heterocycles. The van der Waals surface area contributed by atoms with Gasteiger partial charge in [0.05, 0.1) is 16.0 Å². The Morgan fingerprint density at radius 3 is 2.93 bits per heavy atom. The van der Waals surface area contributed by atoms with E-state index in [1.165, 1.54) is 12.3 Å². The molecular weight excluding hydrogens is 402 g/mol. The van der Waals surface area contributed by atoms with Gasteiger partial charge in [-0.25, -0.2) is 9.37 Å². The number of pyridine rings is 1. The minimum absolute atomic E-state index is 0.0425. The number of halogens is 3. The van der Waals surface area contributed by atoms with Crippen LogP contribution in [0.5, 0.6) is 0 Å². The van der Waals surface area contributed by atoms with Gasteiger partial charge in [0.15, 0.2) is 0 Å². The predicted octanol–water partition coefficient (Wildman–Crippen LogP) is 3.97. The van der Waals surface area contributed by atoms with Crippen LogP contribution in [0.25, 0.3) is 0 Å². The number of aromatic nitrogens is 1. The second-order valence-corrected chi connectivity index (χ2v) is 7.75. The number of likely N-dealkylation sites (tertiary alicyclic amines) is 1. The molecule has 1 aromatic carbocycles. The summed E-state index contributed by atoms with van der Waals surface area (Å²) >= 11 is 11.9. The second-order valence-electron chi connectivity index (χ2n) is 6.91. The summed E-state index contributed by atoms with van der Waals surface area (Å²) in [5, 5.41) is 6.96. The molecule has 1 aliphatic heterocycles. The molecular formula is C20H23Cl2FN4O. The highest BCUT2D eigenvalue weighted by Gasteiger charge is 2.25. The van der Waals surface area contributed by atoms with Crippen molar-refractivity contribution in [2.24, 2.45) is 5.92 Å². The summed E-state index contributed by atoms with van der Waals surface area (Å²) < 4.78 is 13.4. The number of benzene rings is 1. The molecule has 2 N–H and O–H groups in total. The Morgan fingerprint density at radius 1 is 1.29 bits per heavy atom. The van der Waals surface area contributed by atoms with E-state index in [1.54, 1.807) is 18.2 Å². The van der Waals surface area contributed by atoms with Crippen molar-refractivity contribution in [3.63, 3.8) is 0 Å². The molecule has 2 heterocycles. The minimum Gasteiger partial charge on any atom is -0.367 e. The Labute approximate surface area is 174 Å². The summed E-state index contributed by atoms with van der Waals surface area (Å²) in [7, 11) is 0. The van der Waals surface area contributed by atoms with Gasteiger partial charge in [0.1, 0.15) is 11.6 Å². The molecule has 8 heteroatoms. The first-order chi connectivity index (χ1) is 13.5. The van der Waals surface area contributed by atoms with Crippen LogP contribution in [0, 0.1) is 11.7 Å². The molecule has 28 heavy (non-hydrogen) atoms. The first-order valence-electron chi connectivity index (χ1n) is 9.30. The average molecular weight is 425 g/mol. The van der Waals surface area contributed by atoms with Crippen molar-refractivity contribution in [3.05, 3.63) is 58.0 Å². The molecule has 1 unspecified atom stereocenters. The van der Waals surface area contributed by atoms with Gasteiger partial charge in [-0.2, -0.15) is 0 Å². The van der Waals surface area contributed by atoms with Crippen LogP contribution in [0.4, 0.5) is 10.2 Å². The Morgan fingerprint density at radius 2 is 2.14 bits per heavy atom. The zero-order valence-corrected chi connectivity index (χ0v) is 16.9. The van der Waals surface area contributed by atoms with Crippen molar-refractivity contribution in [1.82, 2.24) is 15.2 Å². The number of rotatable bonds is 7. The van der Waals surface area contributed by atoms with Crippen LogP contribution in [-0.2, 0) is 11.3 Å². The summed E-state index contributed by atoms with van der Waals surface area (Å²) in [6.07, 6.45) is 3.34. The Bertz CT molecular complexity index is 821. The summed E-state index contributed by atoms with van der Waals surface area (Å²) in [4.78, 5) is 18.8. The zero-order chi connectivity index (χ0) is 19.9.